The molecule has 0 saturated carbocycles. The second-order valence-electron chi connectivity index (χ2n) is 15.6. The number of allylic oxidation sites excluding steroid dienone is 2. The molecular formula is C56H38N4. The Morgan fingerprint density at radius 2 is 0.833 bits per heavy atom. The van der Waals surface area contributed by atoms with Gasteiger partial charge in [-0.05, 0) is 94.6 Å². The predicted molar refractivity (Wildman–Crippen MR) is 252 cm³/mol. The number of nitrogens with zero attached hydrogens (tertiary/aromatic N) is 3. The third-order valence-corrected chi connectivity index (χ3v) is 12.2. The first-order chi connectivity index (χ1) is 29.7. The van der Waals surface area contributed by atoms with Crippen molar-refractivity contribution in [3.63, 3.8) is 0 Å². The van der Waals surface area contributed by atoms with Gasteiger partial charge < -0.3 is 14.5 Å². The van der Waals surface area contributed by atoms with Gasteiger partial charge >= 0.3 is 0 Å². The fourth-order valence-corrected chi connectivity index (χ4v) is 9.26. The molecule has 0 fully saturated rings. The normalized spacial score (nSPS) is 14.9. The first kappa shape index (κ1) is 34.1. The van der Waals surface area contributed by atoms with Crippen LogP contribution >= 0.6 is 0 Å². The van der Waals surface area contributed by atoms with Gasteiger partial charge in [0.2, 0.25) is 0 Å². The van der Waals surface area contributed by atoms with Crippen LogP contribution in [0.2, 0.25) is 0 Å². The molecular weight excluding hydrogens is 729 g/mol. The topological polar surface area (TPSA) is 34.2 Å². The average Bonchev–Trinajstić information content (AvgIpc) is 3.84. The summed E-state index contributed by atoms with van der Waals surface area (Å²) in [5.74, 6) is 0. The lowest BCUT2D eigenvalue weighted by atomic mass is 9.95. The van der Waals surface area contributed by atoms with E-state index in [1.54, 1.807) is 0 Å². The van der Waals surface area contributed by atoms with Crippen LogP contribution in [-0.4, -0.2) is 20.9 Å². The molecule has 0 radical (unpaired) electrons. The van der Waals surface area contributed by atoms with Crippen LogP contribution in [-0.2, 0) is 0 Å². The van der Waals surface area contributed by atoms with Crippen LogP contribution in [0.15, 0.2) is 223 Å². The number of hydrogen-bond donors (Lipinski definition) is 1. The Kier molecular flexibility index (Phi) is 7.88. The van der Waals surface area contributed by atoms with Crippen molar-refractivity contribution >= 4 is 60.7 Å². The lowest BCUT2D eigenvalue weighted by Gasteiger charge is -2.28. The number of aromatic nitrogens is 2. The minimum absolute atomic E-state index is 0.0155. The largest absolute Gasteiger partial charge is 0.371 e. The van der Waals surface area contributed by atoms with E-state index in [1.165, 1.54) is 71.6 Å². The van der Waals surface area contributed by atoms with Crippen LogP contribution in [0.25, 0.3) is 88.6 Å². The number of rotatable bonds is 6. The zero-order valence-corrected chi connectivity index (χ0v) is 32.7. The number of aliphatic imine (C=N–C) groups is 1. The Balaban J connectivity index is 0.908. The number of benzene rings is 8. The van der Waals surface area contributed by atoms with Crippen LogP contribution in [0.5, 0.6) is 0 Å². The molecule has 10 aromatic rings. The minimum atomic E-state index is 0.0155. The summed E-state index contributed by atoms with van der Waals surface area (Å²) in [5.41, 5.74) is 17.0. The molecule has 1 unspecified atom stereocenters. The van der Waals surface area contributed by atoms with Gasteiger partial charge in [-0.2, -0.15) is 0 Å². The van der Waals surface area contributed by atoms with Crippen molar-refractivity contribution in [3.05, 3.63) is 230 Å². The van der Waals surface area contributed by atoms with Crippen molar-refractivity contribution in [2.45, 2.75) is 6.04 Å². The van der Waals surface area contributed by atoms with Crippen molar-refractivity contribution in [1.29, 1.82) is 0 Å². The molecule has 0 bridgehead atoms. The van der Waals surface area contributed by atoms with Gasteiger partial charge in [-0.3, -0.25) is 0 Å². The van der Waals surface area contributed by atoms with Crippen molar-refractivity contribution in [2.75, 3.05) is 0 Å². The first-order valence-electron chi connectivity index (χ1n) is 20.6. The molecule has 2 aromatic heterocycles. The summed E-state index contributed by atoms with van der Waals surface area (Å²) < 4.78 is 4.72. The zero-order valence-electron chi connectivity index (χ0n) is 32.7. The van der Waals surface area contributed by atoms with Gasteiger partial charge in [0.1, 0.15) is 0 Å². The highest BCUT2D eigenvalue weighted by Gasteiger charge is 2.24. The number of hydrogen-bond acceptors (Lipinski definition) is 2. The SMILES string of the molecule is C1=CC2=NC(c3ccc(-c4ccc5c(c4)c4ccccc4n5-c4ccccc4)cc3)=C(c3ccc(-c4ccc5c(c4)c4ccccc4n5-c4ccccc4)cc3)NC2C=C1. The van der Waals surface area contributed by atoms with Crippen LogP contribution in [0.1, 0.15) is 11.1 Å². The molecule has 60 heavy (non-hydrogen) atoms. The Morgan fingerprint density at radius 3 is 1.38 bits per heavy atom. The number of nitrogens with one attached hydrogen (secondary N) is 1. The Bertz CT molecular complexity index is 3420. The smallest absolute Gasteiger partial charge is 0.0944 e. The second kappa shape index (κ2) is 13.9. The maximum Gasteiger partial charge on any atom is 0.0944 e. The van der Waals surface area contributed by atoms with Gasteiger partial charge in [-0.25, -0.2) is 4.99 Å². The molecule has 0 spiro atoms. The van der Waals surface area contributed by atoms with E-state index in [0.29, 0.717) is 0 Å². The first-order valence-corrected chi connectivity index (χ1v) is 20.6. The minimum Gasteiger partial charge on any atom is -0.371 e. The molecule has 2 aliphatic rings. The molecule has 4 heteroatoms. The third kappa shape index (κ3) is 5.57. The van der Waals surface area contributed by atoms with E-state index in [4.69, 9.17) is 4.99 Å². The van der Waals surface area contributed by atoms with Gasteiger partial charge in [-0.1, -0.05) is 152 Å². The highest BCUT2D eigenvalue weighted by Crippen LogP contribution is 2.38. The summed E-state index contributed by atoms with van der Waals surface area (Å²) in [6.45, 7) is 0. The zero-order chi connectivity index (χ0) is 39.6. The molecule has 0 amide bonds. The number of para-hydroxylation sites is 4. The quantitative estimate of drug-likeness (QED) is 0.180. The lowest BCUT2D eigenvalue weighted by Crippen LogP contribution is -2.37. The van der Waals surface area contributed by atoms with Crippen molar-refractivity contribution in [3.8, 4) is 33.6 Å². The van der Waals surface area contributed by atoms with Crippen molar-refractivity contribution < 1.29 is 0 Å². The van der Waals surface area contributed by atoms with Crippen LogP contribution in [0, 0.1) is 0 Å². The summed E-state index contributed by atoms with van der Waals surface area (Å²) in [5, 5.41) is 8.84. The monoisotopic (exact) mass is 766 g/mol. The van der Waals surface area contributed by atoms with E-state index in [0.717, 1.165) is 33.9 Å². The third-order valence-electron chi connectivity index (χ3n) is 12.2. The van der Waals surface area contributed by atoms with E-state index >= 15 is 0 Å². The second-order valence-corrected chi connectivity index (χ2v) is 15.6. The van der Waals surface area contributed by atoms with Gasteiger partial charge in [0.15, 0.2) is 0 Å². The Hall–Kier alpha value is -7.95. The highest BCUT2D eigenvalue weighted by atomic mass is 15.0. The fourth-order valence-electron chi connectivity index (χ4n) is 9.26. The molecule has 8 aromatic carbocycles. The van der Waals surface area contributed by atoms with E-state index < -0.39 is 0 Å². The maximum absolute atomic E-state index is 5.30. The van der Waals surface area contributed by atoms with E-state index in [-0.39, 0.29) is 6.04 Å². The Labute approximate surface area is 348 Å². The highest BCUT2D eigenvalue weighted by molar-refractivity contribution is 6.13. The van der Waals surface area contributed by atoms with E-state index in [1.807, 2.05) is 0 Å². The molecule has 1 atom stereocenters. The van der Waals surface area contributed by atoms with Gasteiger partial charge in [0.25, 0.3) is 0 Å². The standard InChI is InChI=1S/C56H38N4/c1-3-13-43(14-4-1)59-51-21-11-7-17-45(51)47-35-41(31-33-53(47)59)37-23-27-39(28-24-37)55-56(58-50-20-10-9-19-49(50)57-55)40-29-25-38(26-30-40)42-32-34-54-48(36-42)46-18-8-12-22-52(46)60(54)44-15-5-2-6-16-44/h1-36,49,57H. The molecule has 1 aliphatic heterocycles. The maximum atomic E-state index is 5.30. The van der Waals surface area contributed by atoms with Crippen molar-refractivity contribution in [1.82, 2.24) is 14.5 Å². The van der Waals surface area contributed by atoms with Gasteiger partial charge in [0, 0.05) is 38.5 Å². The lowest BCUT2D eigenvalue weighted by molar-refractivity contribution is 0.882. The Morgan fingerprint density at radius 1 is 0.383 bits per heavy atom. The van der Waals surface area contributed by atoms with Crippen molar-refractivity contribution in [2.24, 2.45) is 4.99 Å². The average molecular weight is 767 g/mol. The molecule has 1 aliphatic carbocycles. The van der Waals surface area contributed by atoms with Crippen LogP contribution < -0.4 is 5.32 Å². The predicted octanol–water partition coefficient (Wildman–Crippen LogP) is 13.6. The summed E-state index contributed by atoms with van der Waals surface area (Å²) in [7, 11) is 0. The fraction of sp³-hybridized carbons (Fsp3) is 0.0179. The number of fused-ring (bicyclic) bond motifs is 7. The summed E-state index contributed by atoms with van der Waals surface area (Å²) in [6, 6.07) is 70.2. The summed E-state index contributed by atoms with van der Waals surface area (Å²) in [4.78, 5) is 5.30. The molecule has 3 heterocycles. The van der Waals surface area contributed by atoms with E-state index in [2.05, 4.69) is 233 Å². The van der Waals surface area contributed by atoms with Crippen LogP contribution in [0.4, 0.5) is 0 Å². The summed E-state index contributed by atoms with van der Waals surface area (Å²) in [6.07, 6.45) is 8.45. The molecule has 282 valence electrons. The van der Waals surface area contributed by atoms with Gasteiger partial charge in [0.05, 0.1) is 45.2 Å². The summed E-state index contributed by atoms with van der Waals surface area (Å²) >= 11 is 0. The molecule has 4 nitrogen and oxygen atoms in total. The molecule has 0 saturated heterocycles. The van der Waals surface area contributed by atoms with E-state index in [9.17, 15) is 0 Å². The molecule has 1 N–H and O–H groups in total. The molecule has 12 rings (SSSR count). The van der Waals surface area contributed by atoms with Crippen LogP contribution in [0.3, 0.4) is 0 Å². The van der Waals surface area contributed by atoms with Gasteiger partial charge in [-0.15, -0.1) is 0 Å².